The first-order valence-electron chi connectivity index (χ1n) is 4.05. The Morgan fingerprint density at radius 1 is 1.67 bits per heavy atom. The van der Waals surface area contributed by atoms with Crippen LogP contribution in [0.1, 0.15) is 24.5 Å². The van der Waals surface area contributed by atoms with Gasteiger partial charge >= 0.3 is 0 Å². The number of hydrogen-bond donors (Lipinski definition) is 1. The maximum Gasteiger partial charge on any atom is 0.0821 e. The summed E-state index contributed by atoms with van der Waals surface area (Å²) >= 11 is 5.92. The maximum absolute atomic E-state index is 9.43. The van der Waals surface area contributed by atoms with Crippen molar-refractivity contribution in [1.29, 1.82) is 0 Å². The first-order chi connectivity index (χ1) is 5.70. The summed E-state index contributed by atoms with van der Waals surface area (Å²) in [6, 6.07) is 0. The van der Waals surface area contributed by atoms with Crippen molar-refractivity contribution in [1.82, 2.24) is 9.78 Å². The van der Waals surface area contributed by atoms with Crippen LogP contribution in [0.5, 0.6) is 0 Å². The summed E-state index contributed by atoms with van der Waals surface area (Å²) < 4.78 is 1.75. The molecular formula is C8H11ClN2O. The highest BCUT2D eigenvalue weighted by atomic mass is 35.5. The molecule has 1 aliphatic rings. The number of aliphatic hydroxyl groups excluding tert-OH is 1. The van der Waals surface area contributed by atoms with Crippen molar-refractivity contribution in [3.63, 3.8) is 0 Å². The summed E-state index contributed by atoms with van der Waals surface area (Å²) in [6.07, 6.45) is 3.30. The van der Waals surface area contributed by atoms with Gasteiger partial charge in [-0.15, -0.1) is 0 Å². The second kappa shape index (κ2) is 2.75. The molecule has 1 saturated carbocycles. The normalized spacial score (nSPS) is 28.6. The molecule has 0 aliphatic heterocycles. The molecule has 1 N–H and O–H groups in total. The molecule has 0 saturated heterocycles. The van der Waals surface area contributed by atoms with Crippen LogP contribution in [0.15, 0.2) is 6.20 Å². The molecule has 1 aliphatic carbocycles. The van der Waals surface area contributed by atoms with E-state index in [1.165, 1.54) is 0 Å². The molecule has 0 amide bonds. The van der Waals surface area contributed by atoms with Gasteiger partial charge in [-0.05, 0) is 12.8 Å². The Morgan fingerprint density at radius 3 is 2.75 bits per heavy atom. The van der Waals surface area contributed by atoms with Crippen LogP contribution in [-0.2, 0) is 7.05 Å². The molecule has 0 bridgehead atoms. The quantitative estimate of drug-likeness (QED) is 0.718. The summed E-state index contributed by atoms with van der Waals surface area (Å²) in [4.78, 5) is 0. The van der Waals surface area contributed by atoms with Crippen LogP contribution in [0.25, 0.3) is 0 Å². The summed E-state index contributed by atoms with van der Waals surface area (Å²) in [5.41, 5.74) is 0.968. The van der Waals surface area contributed by atoms with Crippen LogP contribution in [0.3, 0.4) is 0 Å². The second-order valence-electron chi connectivity index (χ2n) is 3.25. The molecule has 1 aromatic rings. The lowest BCUT2D eigenvalue weighted by molar-refractivity contribution is 0.0625. The van der Waals surface area contributed by atoms with Gasteiger partial charge in [0.25, 0.3) is 0 Å². The highest BCUT2D eigenvalue weighted by molar-refractivity contribution is 6.31. The van der Waals surface area contributed by atoms with E-state index in [-0.39, 0.29) is 12.0 Å². The third-order valence-corrected chi connectivity index (χ3v) is 2.82. The Labute approximate surface area is 76.0 Å². The molecule has 1 aromatic heterocycles. The molecule has 2 atom stereocenters. The van der Waals surface area contributed by atoms with Gasteiger partial charge in [0.15, 0.2) is 0 Å². The molecule has 1 heterocycles. The number of halogens is 1. The van der Waals surface area contributed by atoms with Crippen LogP contribution in [-0.4, -0.2) is 21.0 Å². The summed E-state index contributed by atoms with van der Waals surface area (Å²) in [7, 11) is 1.85. The topological polar surface area (TPSA) is 38.0 Å². The van der Waals surface area contributed by atoms with E-state index in [0.717, 1.165) is 18.5 Å². The van der Waals surface area contributed by atoms with Gasteiger partial charge in [0.1, 0.15) is 0 Å². The molecule has 2 unspecified atom stereocenters. The van der Waals surface area contributed by atoms with Gasteiger partial charge in [0.2, 0.25) is 0 Å². The van der Waals surface area contributed by atoms with E-state index in [2.05, 4.69) is 5.10 Å². The average Bonchev–Trinajstić information content (AvgIpc) is 2.33. The van der Waals surface area contributed by atoms with Crippen molar-refractivity contribution in [3.05, 3.63) is 16.9 Å². The highest BCUT2D eigenvalue weighted by Gasteiger charge is 2.33. The predicted molar refractivity (Wildman–Crippen MR) is 46.2 cm³/mol. The third kappa shape index (κ3) is 1.04. The van der Waals surface area contributed by atoms with Crippen LogP contribution in [0.4, 0.5) is 0 Å². The van der Waals surface area contributed by atoms with Gasteiger partial charge in [-0.3, -0.25) is 4.68 Å². The van der Waals surface area contributed by atoms with E-state index >= 15 is 0 Å². The number of aromatic nitrogens is 2. The Balaban J connectivity index is 2.32. The van der Waals surface area contributed by atoms with Crippen molar-refractivity contribution in [2.75, 3.05) is 0 Å². The lowest BCUT2D eigenvalue weighted by Crippen LogP contribution is -2.30. The largest absolute Gasteiger partial charge is 0.392 e. The van der Waals surface area contributed by atoms with Crippen molar-refractivity contribution >= 4 is 11.6 Å². The first-order valence-corrected chi connectivity index (χ1v) is 4.43. The standard InChI is InChI=1S/C8H11ClN2O/c1-11-8(6(9)4-10-11)5-2-3-7(5)12/h4-5,7,12H,2-3H2,1H3. The first kappa shape index (κ1) is 8.08. The van der Waals surface area contributed by atoms with Gasteiger partial charge < -0.3 is 5.11 Å². The minimum atomic E-state index is -0.224. The fraction of sp³-hybridized carbons (Fsp3) is 0.625. The number of nitrogens with zero attached hydrogens (tertiary/aromatic N) is 2. The Kier molecular flexibility index (Phi) is 1.85. The molecule has 12 heavy (non-hydrogen) atoms. The van der Waals surface area contributed by atoms with Crippen molar-refractivity contribution < 1.29 is 5.11 Å². The molecule has 66 valence electrons. The third-order valence-electron chi connectivity index (χ3n) is 2.53. The monoisotopic (exact) mass is 186 g/mol. The minimum absolute atomic E-state index is 0.199. The number of aliphatic hydroxyl groups is 1. The molecule has 2 rings (SSSR count). The minimum Gasteiger partial charge on any atom is -0.392 e. The number of hydrogen-bond acceptors (Lipinski definition) is 2. The smallest absolute Gasteiger partial charge is 0.0821 e. The lowest BCUT2D eigenvalue weighted by atomic mass is 9.79. The van der Waals surface area contributed by atoms with Gasteiger partial charge in [-0.25, -0.2) is 0 Å². The van der Waals surface area contributed by atoms with Crippen LogP contribution < -0.4 is 0 Å². The van der Waals surface area contributed by atoms with Gasteiger partial charge in [0.05, 0.1) is 23.0 Å². The van der Waals surface area contributed by atoms with Crippen molar-refractivity contribution in [3.8, 4) is 0 Å². The molecule has 4 heteroatoms. The van der Waals surface area contributed by atoms with E-state index in [0.29, 0.717) is 5.02 Å². The predicted octanol–water partition coefficient (Wildman–Crippen LogP) is 1.31. The van der Waals surface area contributed by atoms with Gasteiger partial charge in [-0.1, -0.05) is 11.6 Å². The summed E-state index contributed by atoms with van der Waals surface area (Å²) in [5.74, 6) is 0.199. The molecule has 0 radical (unpaired) electrons. The van der Waals surface area contributed by atoms with Gasteiger partial charge in [-0.2, -0.15) is 5.10 Å². The van der Waals surface area contributed by atoms with Crippen molar-refractivity contribution in [2.45, 2.75) is 24.9 Å². The second-order valence-corrected chi connectivity index (χ2v) is 3.66. The summed E-state index contributed by atoms with van der Waals surface area (Å²) in [6.45, 7) is 0. The zero-order valence-electron chi connectivity index (χ0n) is 6.87. The van der Waals surface area contributed by atoms with E-state index < -0.39 is 0 Å². The fourth-order valence-electron chi connectivity index (χ4n) is 1.64. The molecular weight excluding hydrogens is 176 g/mol. The fourth-order valence-corrected chi connectivity index (χ4v) is 1.94. The Morgan fingerprint density at radius 2 is 2.42 bits per heavy atom. The van der Waals surface area contributed by atoms with Crippen LogP contribution in [0, 0.1) is 0 Å². The molecule has 3 nitrogen and oxygen atoms in total. The zero-order valence-corrected chi connectivity index (χ0v) is 7.62. The number of aryl methyl sites for hydroxylation is 1. The van der Waals surface area contributed by atoms with E-state index in [1.54, 1.807) is 10.9 Å². The lowest BCUT2D eigenvalue weighted by Gasteiger charge is -2.32. The molecule has 1 fully saturated rings. The zero-order chi connectivity index (χ0) is 8.72. The molecule has 0 aromatic carbocycles. The van der Waals surface area contributed by atoms with Crippen LogP contribution >= 0.6 is 11.6 Å². The van der Waals surface area contributed by atoms with E-state index in [9.17, 15) is 5.11 Å². The van der Waals surface area contributed by atoms with Crippen molar-refractivity contribution in [2.24, 2.45) is 7.05 Å². The SMILES string of the molecule is Cn1ncc(Cl)c1C1CCC1O. The summed E-state index contributed by atoms with van der Waals surface area (Å²) in [5, 5.41) is 14.1. The van der Waals surface area contributed by atoms with E-state index in [4.69, 9.17) is 11.6 Å². The molecule has 0 spiro atoms. The Hall–Kier alpha value is -0.540. The Bertz CT molecular complexity index is 278. The van der Waals surface area contributed by atoms with Crippen LogP contribution in [0.2, 0.25) is 5.02 Å². The van der Waals surface area contributed by atoms with Gasteiger partial charge in [0, 0.05) is 13.0 Å². The highest BCUT2D eigenvalue weighted by Crippen LogP contribution is 2.39. The number of rotatable bonds is 1. The van der Waals surface area contributed by atoms with E-state index in [1.807, 2.05) is 7.05 Å². The maximum atomic E-state index is 9.43. The average molecular weight is 187 g/mol.